The second-order valence-electron chi connectivity index (χ2n) is 7.10. The molecule has 0 amide bonds. The largest absolute Gasteiger partial charge is 0.507 e. The molecule has 0 aliphatic rings. The molecule has 0 aliphatic carbocycles. The molecule has 2 rings (SSSR count). The van der Waals surface area contributed by atoms with Crippen LogP contribution in [0.25, 0.3) is 0 Å². The van der Waals surface area contributed by atoms with Crippen LogP contribution in [0, 0.1) is 0 Å². The summed E-state index contributed by atoms with van der Waals surface area (Å²) in [6.45, 7) is 4.01. The quantitative estimate of drug-likeness (QED) is 0.491. The highest BCUT2D eigenvalue weighted by atomic mass is 32.2. The number of rotatable bonds is 10. The van der Waals surface area contributed by atoms with Crippen LogP contribution in [0.1, 0.15) is 54.6 Å². The molecule has 7 nitrogen and oxygen atoms in total. The lowest BCUT2D eigenvalue weighted by Crippen LogP contribution is -2.16. The first-order chi connectivity index (χ1) is 14.2. The zero-order valence-electron chi connectivity index (χ0n) is 17.5. The highest BCUT2D eigenvalue weighted by Crippen LogP contribution is 2.27. The highest BCUT2D eigenvalue weighted by Gasteiger charge is 2.21. The van der Waals surface area contributed by atoms with E-state index in [-0.39, 0.29) is 16.2 Å². The summed E-state index contributed by atoms with van der Waals surface area (Å²) in [4.78, 5) is 11.6. The maximum atomic E-state index is 12.9. The number of ether oxygens (including phenoxy) is 1. The van der Waals surface area contributed by atoms with Crippen molar-refractivity contribution in [2.45, 2.75) is 57.0 Å². The summed E-state index contributed by atoms with van der Waals surface area (Å²) in [6, 6.07) is 8.93. The van der Waals surface area contributed by atoms with Crippen LogP contribution >= 0.6 is 0 Å². The topological polar surface area (TPSA) is 113 Å². The van der Waals surface area contributed by atoms with Gasteiger partial charge in [-0.25, -0.2) is 13.2 Å². The molecular weight excluding hydrogens is 406 g/mol. The average Bonchev–Trinajstić information content (AvgIpc) is 2.72. The van der Waals surface area contributed by atoms with Gasteiger partial charge in [0.15, 0.2) is 0 Å². The monoisotopic (exact) mass is 435 g/mol. The van der Waals surface area contributed by atoms with Gasteiger partial charge < -0.3 is 14.9 Å². The van der Waals surface area contributed by atoms with Crippen LogP contribution in [-0.2, 0) is 27.6 Å². The summed E-state index contributed by atoms with van der Waals surface area (Å²) >= 11 is 0. The minimum Gasteiger partial charge on any atom is -0.507 e. The molecule has 0 aliphatic heterocycles. The van der Waals surface area contributed by atoms with Crippen molar-refractivity contribution in [1.29, 1.82) is 0 Å². The maximum absolute atomic E-state index is 12.9. The van der Waals surface area contributed by atoms with Crippen molar-refractivity contribution < 1.29 is 28.2 Å². The number of phenols is 1. The summed E-state index contributed by atoms with van der Waals surface area (Å²) < 4.78 is 33.0. The fraction of sp³-hybridized carbons (Fsp3) is 0.409. The van der Waals surface area contributed by atoms with Crippen LogP contribution in [0.3, 0.4) is 0 Å². The molecule has 0 radical (unpaired) electrons. The third-order valence-corrected chi connectivity index (χ3v) is 6.24. The Morgan fingerprint density at radius 2 is 1.87 bits per heavy atom. The maximum Gasteiger partial charge on any atom is 0.341 e. The molecule has 0 aromatic heterocycles. The zero-order chi connectivity index (χ0) is 22.3. The van der Waals surface area contributed by atoms with Gasteiger partial charge in [-0.3, -0.25) is 4.72 Å². The van der Waals surface area contributed by atoms with E-state index in [2.05, 4.69) is 9.46 Å². The summed E-state index contributed by atoms with van der Waals surface area (Å²) in [5.41, 5.74) is 2.05. The van der Waals surface area contributed by atoms with Crippen molar-refractivity contribution in [3.8, 4) is 5.75 Å². The van der Waals surface area contributed by atoms with Gasteiger partial charge in [0, 0.05) is 0 Å². The second-order valence-corrected chi connectivity index (χ2v) is 8.78. The third-order valence-electron chi connectivity index (χ3n) is 4.87. The van der Waals surface area contributed by atoms with E-state index in [1.54, 1.807) is 6.07 Å². The molecule has 2 aromatic rings. The molecule has 2 aromatic carbocycles. The molecule has 8 heteroatoms. The number of hydrogen-bond acceptors (Lipinski definition) is 6. The van der Waals surface area contributed by atoms with E-state index in [4.69, 9.17) is 0 Å². The van der Waals surface area contributed by atoms with Crippen molar-refractivity contribution in [3.63, 3.8) is 0 Å². The Labute approximate surface area is 177 Å². The number of carbonyl (C=O) groups is 1. The standard InChI is InChI=1S/C22H29NO6S/c1-4-6-17(24)9-8-16-13-15(5-2)7-11-20(16)23-30(27,28)18-10-12-21(25)19(14-18)22(26)29-3/h7,10-14,17,23-25H,4-6,8-9H2,1-3H3. The molecule has 30 heavy (non-hydrogen) atoms. The Bertz CT molecular complexity index is 987. The molecule has 0 spiro atoms. The Hall–Kier alpha value is -2.58. The average molecular weight is 436 g/mol. The van der Waals surface area contributed by atoms with E-state index in [9.17, 15) is 23.4 Å². The number of sulfonamides is 1. The van der Waals surface area contributed by atoms with Crippen molar-refractivity contribution in [1.82, 2.24) is 0 Å². The number of hydrogen-bond donors (Lipinski definition) is 3. The fourth-order valence-electron chi connectivity index (χ4n) is 3.13. The van der Waals surface area contributed by atoms with E-state index < -0.39 is 22.1 Å². The number of nitrogens with one attached hydrogen (secondary N) is 1. The Morgan fingerprint density at radius 3 is 2.50 bits per heavy atom. The molecule has 0 saturated heterocycles. The zero-order valence-corrected chi connectivity index (χ0v) is 18.3. The lowest BCUT2D eigenvalue weighted by Gasteiger charge is -2.16. The van der Waals surface area contributed by atoms with Crippen molar-refractivity contribution in [2.75, 3.05) is 11.8 Å². The normalized spacial score (nSPS) is 12.4. The van der Waals surface area contributed by atoms with Gasteiger partial charge in [0.1, 0.15) is 11.3 Å². The first kappa shape index (κ1) is 23.7. The van der Waals surface area contributed by atoms with Gasteiger partial charge in [0.05, 0.1) is 23.8 Å². The second kappa shape index (κ2) is 10.4. The molecule has 0 heterocycles. The van der Waals surface area contributed by atoms with E-state index in [0.717, 1.165) is 43.2 Å². The predicted octanol–water partition coefficient (Wildman–Crippen LogP) is 3.64. The molecular formula is C22H29NO6S. The van der Waals surface area contributed by atoms with Crippen LogP contribution in [0.15, 0.2) is 41.3 Å². The predicted molar refractivity (Wildman–Crippen MR) is 115 cm³/mol. The summed E-state index contributed by atoms with van der Waals surface area (Å²) in [6.07, 6.45) is 2.98. The first-order valence-electron chi connectivity index (χ1n) is 9.95. The Balaban J connectivity index is 2.35. The van der Waals surface area contributed by atoms with E-state index in [1.807, 2.05) is 26.0 Å². The third kappa shape index (κ3) is 5.96. The summed E-state index contributed by atoms with van der Waals surface area (Å²) in [7, 11) is -2.87. The number of aliphatic hydroxyl groups excluding tert-OH is 1. The van der Waals surface area contributed by atoms with Crippen molar-refractivity contribution in [3.05, 3.63) is 53.1 Å². The van der Waals surface area contributed by atoms with Crippen LogP contribution in [0.4, 0.5) is 5.69 Å². The molecule has 0 fully saturated rings. The highest BCUT2D eigenvalue weighted by molar-refractivity contribution is 7.92. The first-order valence-corrected chi connectivity index (χ1v) is 11.4. The number of phenolic OH excluding ortho intramolecular Hbond substituents is 1. The van der Waals surface area contributed by atoms with E-state index >= 15 is 0 Å². The van der Waals surface area contributed by atoms with E-state index in [1.165, 1.54) is 6.07 Å². The molecule has 1 unspecified atom stereocenters. The van der Waals surface area contributed by atoms with Crippen LogP contribution in [-0.4, -0.2) is 37.8 Å². The Kier molecular flexibility index (Phi) is 8.25. The van der Waals surface area contributed by atoms with Gasteiger partial charge in [0.2, 0.25) is 0 Å². The van der Waals surface area contributed by atoms with Gasteiger partial charge in [-0.1, -0.05) is 32.4 Å². The molecule has 3 N–H and O–H groups in total. The van der Waals surface area contributed by atoms with Gasteiger partial charge >= 0.3 is 5.97 Å². The lowest BCUT2D eigenvalue weighted by atomic mass is 10.00. The number of anilines is 1. The number of methoxy groups -OCH3 is 1. The lowest BCUT2D eigenvalue weighted by molar-refractivity contribution is 0.0597. The van der Waals surface area contributed by atoms with Crippen LogP contribution in [0.2, 0.25) is 0 Å². The number of esters is 1. The molecule has 164 valence electrons. The minimum atomic E-state index is -4.02. The van der Waals surface area contributed by atoms with E-state index in [0.29, 0.717) is 24.9 Å². The molecule has 0 bridgehead atoms. The number of aryl methyl sites for hydroxylation is 2. The van der Waals surface area contributed by atoms with Crippen molar-refractivity contribution >= 4 is 21.7 Å². The van der Waals surface area contributed by atoms with Gasteiger partial charge in [-0.15, -0.1) is 0 Å². The number of aromatic hydroxyl groups is 1. The Morgan fingerprint density at radius 1 is 1.13 bits per heavy atom. The summed E-state index contributed by atoms with van der Waals surface area (Å²) in [5, 5.41) is 19.9. The SMILES string of the molecule is CCCC(O)CCc1cc(CC)ccc1NS(=O)(=O)c1ccc(O)c(C(=O)OC)c1. The van der Waals surface area contributed by atoms with Crippen molar-refractivity contribution in [2.24, 2.45) is 0 Å². The fourth-order valence-corrected chi connectivity index (χ4v) is 4.26. The van der Waals surface area contributed by atoms with Gasteiger partial charge in [-0.2, -0.15) is 0 Å². The number of benzene rings is 2. The number of carbonyl (C=O) groups excluding carboxylic acids is 1. The summed E-state index contributed by atoms with van der Waals surface area (Å²) in [5.74, 6) is -1.19. The molecule has 0 saturated carbocycles. The minimum absolute atomic E-state index is 0.169. The smallest absolute Gasteiger partial charge is 0.341 e. The molecule has 1 atom stereocenters. The van der Waals surface area contributed by atoms with Crippen LogP contribution in [0.5, 0.6) is 5.75 Å². The van der Waals surface area contributed by atoms with Gasteiger partial charge in [-0.05, 0) is 61.1 Å². The van der Waals surface area contributed by atoms with Gasteiger partial charge in [0.25, 0.3) is 10.0 Å². The van der Waals surface area contributed by atoms with Crippen LogP contribution < -0.4 is 4.72 Å². The number of aliphatic hydroxyl groups is 1.